The number of hydrogen-bond donors (Lipinski definition) is 1. The Bertz CT molecular complexity index is 1130. The van der Waals surface area contributed by atoms with Gasteiger partial charge in [0.2, 0.25) is 0 Å². The van der Waals surface area contributed by atoms with Crippen LogP contribution in [0.1, 0.15) is 30.9 Å². The molecule has 2 saturated heterocycles. The molecule has 0 saturated carbocycles. The number of benzene rings is 3. The molecule has 3 aromatic carbocycles. The van der Waals surface area contributed by atoms with Gasteiger partial charge in [0, 0.05) is 13.1 Å². The van der Waals surface area contributed by atoms with Crippen LogP contribution in [0.25, 0.3) is 10.8 Å². The van der Waals surface area contributed by atoms with Crippen molar-refractivity contribution in [2.45, 2.75) is 31.7 Å². The molecule has 0 aliphatic carbocycles. The third-order valence-corrected chi connectivity index (χ3v) is 7.02. The van der Waals surface area contributed by atoms with Crippen molar-refractivity contribution in [3.05, 3.63) is 83.9 Å². The fraction of sp³-hybridized carbons (Fsp3) is 0.333. The lowest BCUT2D eigenvalue weighted by Crippen LogP contribution is -2.46. The van der Waals surface area contributed by atoms with E-state index in [1.165, 1.54) is 10.5 Å². The number of nitrogens with one attached hydrogen (secondary N) is 1. The first-order valence-electron chi connectivity index (χ1n) is 11.4. The molecule has 2 aliphatic heterocycles. The maximum Gasteiger partial charge on any atom is 0.326 e. The van der Waals surface area contributed by atoms with Crippen LogP contribution < -0.4 is 5.32 Å². The minimum Gasteiger partial charge on any atom is -0.319 e. The monoisotopic (exact) mass is 427 g/mol. The van der Waals surface area contributed by atoms with Crippen molar-refractivity contribution in [3.8, 4) is 0 Å². The molecule has 32 heavy (non-hydrogen) atoms. The number of piperidine rings is 1. The number of carbonyl (C=O) groups excluding carboxylic acids is 2. The van der Waals surface area contributed by atoms with Gasteiger partial charge in [-0.2, -0.15) is 0 Å². The van der Waals surface area contributed by atoms with E-state index in [0.29, 0.717) is 12.6 Å². The minimum absolute atomic E-state index is 0.176. The van der Waals surface area contributed by atoms with Gasteiger partial charge in [-0.25, -0.2) is 9.69 Å². The third kappa shape index (κ3) is 3.78. The lowest BCUT2D eigenvalue weighted by Gasteiger charge is -2.34. The maximum absolute atomic E-state index is 13.5. The molecule has 1 atom stereocenters. The highest BCUT2D eigenvalue weighted by molar-refractivity contribution is 6.09. The van der Waals surface area contributed by atoms with Gasteiger partial charge < -0.3 is 5.32 Å². The van der Waals surface area contributed by atoms with Gasteiger partial charge in [0.25, 0.3) is 5.91 Å². The van der Waals surface area contributed by atoms with Gasteiger partial charge in [0.05, 0.1) is 6.67 Å². The molecule has 0 spiro atoms. The molecule has 5 heteroatoms. The summed E-state index contributed by atoms with van der Waals surface area (Å²) in [5.41, 5.74) is 1.17. The van der Waals surface area contributed by atoms with Crippen LogP contribution in [0.5, 0.6) is 0 Å². The molecule has 2 fully saturated rings. The van der Waals surface area contributed by atoms with Gasteiger partial charge in [0.15, 0.2) is 0 Å². The molecule has 3 aromatic rings. The van der Waals surface area contributed by atoms with Crippen LogP contribution in [0, 0.1) is 5.92 Å². The number of carbonyl (C=O) groups is 2. The van der Waals surface area contributed by atoms with Crippen molar-refractivity contribution in [1.82, 2.24) is 15.1 Å². The van der Waals surface area contributed by atoms with E-state index in [0.717, 1.165) is 48.7 Å². The van der Waals surface area contributed by atoms with Gasteiger partial charge in [-0.15, -0.1) is 0 Å². The van der Waals surface area contributed by atoms with E-state index in [4.69, 9.17) is 0 Å². The standard InChI is InChI=1S/C27H29N3O2/c1-27(24-13-7-11-22-10-5-6-12-23(22)24)25(31)30(26(32)28-27)19-29-16-14-21(15-17-29)18-20-8-3-2-4-9-20/h2-13,21H,14-19H2,1H3,(H,28,32)/t27-/m1/s1. The summed E-state index contributed by atoms with van der Waals surface area (Å²) >= 11 is 0. The Kier molecular flexibility index (Phi) is 5.43. The Labute approximate surface area is 189 Å². The minimum atomic E-state index is -1.05. The third-order valence-electron chi connectivity index (χ3n) is 7.02. The van der Waals surface area contributed by atoms with E-state index in [-0.39, 0.29) is 11.9 Å². The van der Waals surface area contributed by atoms with Gasteiger partial charge in [-0.3, -0.25) is 9.69 Å². The zero-order chi connectivity index (χ0) is 22.1. The first-order valence-corrected chi connectivity index (χ1v) is 11.4. The molecule has 0 unspecified atom stereocenters. The predicted molar refractivity (Wildman–Crippen MR) is 126 cm³/mol. The number of imide groups is 1. The highest BCUT2D eigenvalue weighted by atomic mass is 16.2. The number of likely N-dealkylation sites (tertiary alicyclic amines) is 1. The second-order valence-corrected chi connectivity index (χ2v) is 9.21. The van der Waals surface area contributed by atoms with E-state index in [9.17, 15) is 9.59 Å². The number of amides is 3. The molecule has 1 N–H and O–H groups in total. The van der Waals surface area contributed by atoms with E-state index in [1.54, 1.807) is 0 Å². The molecule has 5 rings (SSSR count). The second kappa shape index (κ2) is 8.40. The second-order valence-electron chi connectivity index (χ2n) is 9.21. The predicted octanol–water partition coefficient (Wildman–Crippen LogP) is 4.52. The molecule has 2 aliphatic rings. The van der Waals surface area contributed by atoms with Crippen molar-refractivity contribution in [2.75, 3.05) is 19.8 Å². The van der Waals surface area contributed by atoms with E-state index < -0.39 is 5.54 Å². The van der Waals surface area contributed by atoms with Crippen LogP contribution in [0.3, 0.4) is 0 Å². The first kappa shape index (κ1) is 20.7. The van der Waals surface area contributed by atoms with Crippen LogP contribution >= 0.6 is 0 Å². The Balaban J connectivity index is 1.27. The topological polar surface area (TPSA) is 52.7 Å². The van der Waals surface area contributed by atoms with Gasteiger partial charge >= 0.3 is 6.03 Å². The normalized spacial score (nSPS) is 22.5. The number of fused-ring (bicyclic) bond motifs is 1. The first-order chi connectivity index (χ1) is 15.5. The van der Waals surface area contributed by atoms with Gasteiger partial charge in [0.1, 0.15) is 5.54 Å². The highest BCUT2D eigenvalue weighted by Gasteiger charge is 2.50. The average molecular weight is 428 g/mol. The van der Waals surface area contributed by atoms with Crippen LogP contribution in [0.15, 0.2) is 72.8 Å². The number of rotatable bonds is 5. The summed E-state index contributed by atoms with van der Waals surface area (Å²) in [7, 11) is 0. The van der Waals surface area contributed by atoms with E-state index in [2.05, 4.69) is 40.5 Å². The van der Waals surface area contributed by atoms with Crippen molar-refractivity contribution >= 4 is 22.7 Å². The Morgan fingerprint density at radius 1 is 0.906 bits per heavy atom. The fourth-order valence-electron chi connectivity index (χ4n) is 5.15. The summed E-state index contributed by atoms with van der Waals surface area (Å²) in [6.07, 6.45) is 3.26. The summed E-state index contributed by atoms with van der Waals surface area (Å²) in [6.45, 7) is 3.98. The van der Waals surface area contributed by atoms with Crippen molar-refractivity contribution in [3.63, 3.8) is 0 Å². The Morgan fingerprint density at radius 3 is 2.38 bits per heavy atom. The summed E-state index contributed by atoms with van der Waals surface area (Å²) in [6, 6.07) is 24.2. The molecule has 164 valence electrons. The number of hydrogen-bond acceptors (Lipinski definition) is 3. The molecule has 0 bridgehead atoms. The summed E-state index contributed by atoms with van der Waals surface area (Å²) in [5.74, 6) is 0.475. The summed E-state index contributed by atoms with van der Waals surface area (Å²) in [5, 5.41) is 5.04. The zero-order valence-corrected chi connectivity index (χ0v) is 18.5. The molecule has 0 aromatic heterocycles. The summed E-state index contributed by atoms with van der Waals surface area (Å²) < 4.78 is 0. The molecule has 2 heterocycles. The Morgan fingerprint density at radius 2 is 1.59 bits per heavy atom. The SMILES string of the molecule is C[C@]1(c2cccc3ccccc23)NC(=O)N(CN2CCC(Cc3ccccc3)CC2)C1=O. The molecule has 0 radical (unpaired) electrons. The molecule has 3 amide bonds. The highest BCUT2D eigenvalue weighted by Crippen LogP contribution is 2.34. The fourth-order valence-corrected chi connectivity index (χ4v) is 5.15. The van der Waals surface area contributed by atoms with Crippen molar-refractivity contribution < 1.29 is 9.59 Å². The van der Waals surface area contributed by atoms with Crippen LogP contribution in [0.2, 0.25) is 0 Å². The lowest BCUT2D eigenvalue weighted by atomic mass is 9.88. The quantitative estimate of drug-likeness (QED) is 0.609. The smallest absolute Gasteiger partial charge is 0.319 e. The van der Waals surface area contributed by atoms with Gasteiger partial charge in [-0.05, 0) is 54.0 Å². The van der Waals surface area contributed by atoms with Crippen molar-refractivity contribution in [1.29, 1.82) is 0 Å². The largest absolute Gasteiger partial charge is 0.326 e. The average Bonchev–Trinajstić information content (AvgIpc) is 3.04. The lowest BCUT2D eigenvalue weighted by molar-refractivity contribution is -0.132. The van der Waals surface area contributed by atoms with Crippen molar-refractivity contribution in [2.24, 2.45) is 5.92 Å². The molecule has 5 nitrogen and oxygen atoms in total. The van der Waals surface area contributed by atoms with Crippen LogP contribution in [-0.4, -0.2) is 41.5 Å². The number of nitrogens with zero attached hydrogens (tertiary/aromatic N) is 2. The Hall–Kier alpha value is -3.18. The number of urea groups is 1. The molecular formula is C27H29N3O2. The summed E-state index contributed by atoms with van der Waals surface area (Å²) in [4.78, 5) is 30.0. The molecular weight excluding hydrogens is 398 g/mol. The van der Waals surface area contributed by atoms with Crippen LogP contribution in [0.4, 0.5) is 4.79 Å². The zero-order valence-electron chi connectivity index (χ0n) is 18.5. The van der Waals surface area contributed by atoms with E-state index >= 15 is 0 Å². The van der Waals surface area contributed by atoms with Gasteiger partial charge in [-0.1, -0.05) is 72.8 Å². The maximum atomic E-state index is 13.5. The van der Waals surface area contributed by atoms with E-state index in [1.807, 2.05) is 49.4 Å². The van der Waals surface area contributed by atoms with Crippen LogP contribution in [-0.2, 0) is 16.8 Å².